The Hall–Kier alpha value is -0.810. The van der Waals surface area contributed by atoms with Crippen LogP contribution in [0.2, 0.25) is 0 Å². The van der Waals surface area contributed by atoms with Crippen LogP contribution in [0.5, 0.6) is 0 Å². The van der Waals surface area contributed by atoms with Crippen LogP contribution >= 0.6 is 11.8 Å². The van der Waals surface area contributed by atoms with E-state index in [0.717, 1.165) is 41.7 Å². The second-order valence-electron chi connectivity index (χ2n) is 4.01. The van der Waals surface area contributed by atoms with Gasteiger partial charge in [-0.3, -0.25) is 0 Å². The topological polar surface area (TPSA) is 63.8 Å². The van der Waals surface area contributed by atoms with Crippen LogP contribution in [0.25, 0.3) is 0 Å². The van der Waals surface area contributed by atoms with E-state index in [1.807, 2.05) is 11.8 Å². The van der Waals surface area contributed by atoms with Crippen molar-refractivity contribution in [1.82, 2.24) is 9.97 Å². The largest absolute Gasteiger partial charge is 0.308 e. The highest BCUT2D eigenvalue weighted by atomic mass is 32.2. The molecule has 0 fully saturated rings. The van der Waals surface area contributed by atoms with E-state index in [1.165, 1.54) is 5.56 Å². The molecule has 0 aromatic carbocycles. The van der Waals surface area contributed by atoms with Gasteiger partial charge in [-0.2, -0.15) is 11.8 Å². The Labute approximate surface area is 100 Å². The number of hydrogen-bond acceptors (Lipinski definition) is 5. The van der Waals surface area contributed by atoms with Crippen LogP contribution in [0.4, 0.5) is 5.82 Å². The van der Waals surface area contributed by atoms with E-state index in [9.17, 15) is 0 Å². The lowest BCUT2D eigenvalue weighted by Crippen LogP contribution is -2.15. The average molecular weight is 238 g/mol. The van der Waals surface area contributed by atoms with E-state index >= 15 is 0 Å². The Morgan fingerprint density at radius 3 is 2.69 bits per heavy atom. The number of aromatic nitrogens is 2. The highest BCUT2D eigenvalue weighted by molar-refractivity contribution is 7.98. The average Bonchev–Trinajstić information content (AvgIpc) is 2.77. The lowest BCUT2D eigenvalue weighted by molar-refractivity contribution is 0.599. The molecule has 0 unspecified atom stereocenters. The molecule has 1 aliphatic rings. The molecule has 1 aromatic heterocycles. The van der Waals surface area contributed by atoms with Crippen molar-refractivity contribution in [3.8, 4) is 0 Å². The van der Waals surface area contributed by atoms with Gasteiger partial charge < -0.3 is 5.43 Å². The first kappa shape index (κ1) is 11.7. The Morgan fingerprint density at radius 1 is 1.31 bits per heavy atom. The summed E-state index contributed by atoms with van der Waals surface area (Å²) < 4.78 is 0. The number of nitrogen functional groups attached to an aromatic ring is 1. The lowest BCUT2D eigenvalue weighted by atomic mass is 10.0. The second kappa shape index (κ2) is 5.01. The van der Waals surface area contributed by atoms with E-state index in [4.69, 9.17) is 5.84 Å². The number of nitrogens with two attached hydrogens (primary N) is 1. The van der Waals surface area contributed by atoms with Gasteiger partial charge in [0.25, 0.3) is 0 Å². The molecule has 0 aliphatic carbocycles. The summed E-state index contributed by atoms with van der Waals surface area (Å²) in [7, 11) is 0. The maximum atomic E-state index is 5.53. The maximum absolute atomic E-state index is 5.53. The number of fused-ring (bicyclic) bond motifs is 1. The summed E-state index contributed by atoms with van der Waals surface area (Å²) in [6, 6.07) is 0. The van der Waals surface area contributed by atoms with Crippen molar-refractivity contribution < 1.29 is 0 Å². The summed E-state index contributed by atoms with van der Waals surface area (Å²) in [4.78, 5) is 9.22. The predicted molar refractivity (Wildman–Crippen MR) is 68.2 cm³/mol. The molecule has 1 aromatic rings. The molecule has 1 aliphatic heterocycles. The number of anilines is 1. The van der Waals surface area contributed by atoms with E-state index in [0.29, 0.717) is 5.92 Å². The molecule has 0 saturated carbocycles. The van der Waals surface area contributed by atoms with Gasteiger partial charge in [-0.05, 0) is 12.8 Å². The molecule has 0 spiro atoms. The first-order chi connectivity index (χ1) is 7.80. The monoisotopic (exact) mass is 238 g/mol. The smallest absolute Gasteiger partial charge is 0.148 e. The van der Waals surface area contributed by atoms with Gasteiger partial charge in [-0.15, -0.1) is 0 Å². The third kappa shape index (κ3) is 2.01. The summed E-state index contributed by atoms with van der Waals surface area (Å²) in [6.07, 6.45) is 2.15. The fraction of sp³-hybridized carbons (Fsp3) is 0.636. The normalized spacial score (nSPS) is 14.2. The van der Waals surface area contributed by atoms with Crippen molar-refractivity contribution in [2.45, 2.75) is 44.1 Å². The molecule has 3 N–H and O–H groups in total. The molecule has 0 saturated heterocycles. The Kier molecular flexibility index (Phi) is 3.66. The van der Waals surface area contributed by atoms with Gasteiger partial charge in [0.15, 0.2) is 0 Å². The Balaban J connectivity index is 2.41. The standard InChI is InChI=1S/C11H18N4S/c1-3-7(4-2)10-13-9-6-16-5-8(9)11(14-10)15-12/h7H,3-6,12H2,1-2H3,(H,13,14,15). The van der Waals surface area contributed by atoms with Crippen molar-refractivity contribution in [2.75, 3.05) is 5.43 Å². The van der Waals surface area contributed by atoms with Gasteiger partial charge in [0.05, 0.1) is 5.69 Å². The van der Waals surface area contributed by atoms with Crippen molar-refractivity contribution in [1.29, 1.82) is 0 Å². The molecule has 2 heterocycles. The number of hydrogen-bond donors (Lipinski definition) is 2. The first-order valence-electron chi connectivity index (χ1n) is 5.74. The molecule has 88 valence electrons. The minimum Gasteiger partial charge on any atom is -0.308 e. The van der Waals surface area contributed by atoms with Gasteiger partial charge in [0, 0.05) is 23.0 Å². The minimum absolute atomic E-state index is 0.447. The van der Waals surface area contributed by atoms with E-state index in [2.05, 4.69) is 29.2 Å². The molecule has 0 amide bonds. The van der Waals surface area contributed by atoms with Crippen molar-refractivity contribution in [3.63, 3.8) is 0 Å². The molecule has 5 heteroatoms. The summed E-state index contributed by atoms with van der Waals surface area (Å²) in [5, 5.41) is 0. The summed E-state index contributed by atoms with van der Waals surface area (Å²) in [6.45, 7) is 4.35. The molecular weight excluding hydrogens is 220 g/mol. The summed E-state index contributed by atoms with van der Waals surface area (Å²) >= 11 is 1.87. The zero-order valence-corrected chi connectivity index (χ0v) is 10.6. The first-order valence-corrected chi connectivity index (χ1v) is 6.89. The Morgan fingerprint density at radius 2 is 2.06 bits per heavy atom. The number of nitrogens with zero attached hydrogens (tertiary/aromatic N) is 2. The molecule has 4 nitrogen and oxygen atoms in total. The van der Waals surface area contributed by atoms with Crippen LogP contribution in [0, 0.1) is 0 Å². The van der Waals surface area contributed by atoms with Crippen molar-refractivity contribution in [3.05, 3.63) is 17.1 Å². The second-order valence-corrected chi connectivity index (χ2v) is 4.99. The van der Waals surface area contributed by atoms with Gasteiger partial charge in [-0.1, -0.05) is 13.8 Å². The molecule has 0 bridgehead atoms. The fourth-order valence-electron chi connectivity index (χ4n) is 2.03. The van der Waals surface area contributed by atoms with Gasteiger partial charge >= 0.3 is 0 Å². The Bertz CT molecular complexity index is 376. The molecule has 2 rings (SSSR count). The molecule has 16 heavy (non-hydrogen) atoms. The molecule has 0 radical (unpaired) electrons. The van der Waals surface area contributed by atoms with Crippen LogP contribution in [-0.4, -0.2) is 9.97 Å². The SMILES string of the molecule is CCC(CC)c1nc2c(c(NN)n1)CSC2. The highest BCUT2D eigenvalue weighted by Crippen LogP contribution is 2.34. The van der Waals surface area contributed by atoms with Crippen LogP contribution in [0.15, 0.2) is 0 Å². The maximum Gasteiger partial charge on any atom is 0.148 e. The van der Waals surface area contributed by atoms with Gasteiger partial charge in [0.2, 0.25) is 0 Å². The number of nitrogens with one attached hydrogen (secondary N) is 1. The summed E-state index contributed by atoms with van der Waals surface area (Å²) in [5.74, 6) is 9.69. The third-order valence-electron chi connectivity index (χ3n) is 3.08. The van der Waals surface area contributed by atoms with E-state index in [1.54, 1.807) is 0 Å². The van der Waals surface area contributed by atoms with Gasteiger partial charge in [0.1, 0.15) is 11.6 Å². The molecular formula is C11H18N4S. The molecule has 0 atom stereocenters. The third-order valence-corrected chi connectivity index (χ3v) is 4.05. The van der Waals surface area contributed by atoms with Crippen molar-refractivity contribution >= 4 is 17.6 Å². The minimum atomic E-state index is 0.447. The number of thioether (sulfide) groups is 1. The van der Waals surface area contributed by atoms with Crippen LogP contribution in [-0.2, 0) is 11.5 Å². The van der Waals surface area contributed by atoms with Crippen LogP contribution < -0.4 is 11.3 Å². The number of rotatable bonds is 4. The number of hydrazine groups is 1. The van der Waals surface area contributed by atoms with Gasteiger partial charge in [-0.25, -0.2) is 15.8 Å². The lowest BCUT2D eigenvalue weighted by Gasteiger charge is -2.14. The quantitative estimate of drug-likeness (QED) is 0.623. The van der Waals surface area contributed by atoms with E-state index < -0.39 is 0 Å². The van der Waals surface area contributed by atoms with Crippen LogP contribution in [0.1, 0.15) is 49.7 Å². The fourth-order valence-corrected chi connectivity index (χ4v) is 3.07. The zero-order chi connectivity index (χ0) is 11.5. The van der Waals surface area contributed by atoms with Crippen LogP contribution in [0.3, 0.4) is 0 Å². The predicted octanol–water partition coefficient (Wildman–Crippen LogP) is 2.41. The van der Waals surface area contributed by atoms with Crippen molar-refractivity contribution in [2.24, 2.45) is 5.84 Å². The highest BCUT2D eigenvalue weighted by Gasteiger charge is 2.21. The summed E-state index contributed by atoms with van der Waals surface area (Å²) in [5.41, 5.74) is 5.05. The zero-order valence-electron chi connectivity index (χ0n) is 9.79. The van der Waals surface area contributed by atoms with E-state index in [-0.39, 0.29) is 0 Å².